The van der Waals surface area contributed by atoms with Crippen LogP contribution in [0, 0.1) is 6.92 Å². The smallest absolute Gasteiger partial charge is 0.247 e. The molecule has 118 valence electrons. The van der Waals surface area contributed by atoms with Gasteiger partial charge in [0.15, 0.2) is 0 Å². The zero-order valence-electron chi connectivity index (χ0n) is 13.2. The molecule has 0 saturated heterocycles. The predicted molar refractivity (Wildman–Crippen MR) is 92.6 cm³/mol. The molecule has 1 aromatic heterocycles. The van der Waals surface area contributed by atoms with Crippen molar-refractivity contribution in [1.29, 1.82) is 0 Å². The average molecular weight is 328 g/mol. The van der Waals surface area contributed by atoms with E-state index in [1.165, 1.54) is 5.56 Å². The number of hydrogen-bond acceptors (Lipinski definition) is 4. The molecular formula is C18H18ClN3O. The van der Waals surface area contributed by atoms with E-state index in [9.17, 15) is 0 Å². The zero-order chi connectivity index (χ0) is 16.2. The number of hydrogen-bond donors (Lipinski definition) is 0. The molecule has 0 saturated carbocycles. The van der Waals surface area contributed by atoms with Crippen LogP contribution < -0.4 is 4.90 Å². The fourth-order valence-electron chi connectivity index (χ4n) is 2.43. The summed E-state index contributed by atoms with van der Waals surface area (Å²) in [5.41, 5.74) is 3.20. The maximum Gasteiger partial charge on any atom is 0.247 e. The van der Waals surface area contributed by atoms with Gasteiger partial charge in [-0.1, -0.05) is 29.8 Å². The Bertz CT molecular complexity index is 800. The quantitative estimate of drug-likeness (QED) is 0.679. The fraction of sp³-hybridized carbons (Fsp3) is 0.222. The Hall–Kier alpha value is -2.33. The van der Waals surface area contributed by atoms with Crippen LogP contribution in [0.15, 0.2) is 52.9 Å². The summed E-state index contributed by atoms with van der Waals surface area (Å²) < 4.78 is 5.79. The van der Waals surface area contributed by atoms with E-state index < -0.39 is 0 Å². The highest BCUT2D eigenvalue weighted by atomic mass is 35.5. The monoisotopic (exact) mass is 327 g/mol. The first-order valence-electron chi connectivity index (χ1n) is 7.55. The van der Waals surface area contributed by atoms with E-state index in [2.05, 4.69) is 53.2 Å². The first-order chi connectivity index (χ1) is 11.2. The Kier molecular flexibility index (Phi) is 4.63. The number of anilines is 1. The second kappa shape index (κ2) is 6.84. The van der Waals surface area contributed by atoms with Crippen LogP contribution in [0.5, 0.6) is 0 Å². The van der Waals surface area contributed by atoms with Gasteiger partial charge in [0.2, 0.25) is 11.8 Å². The largest absolute Gasteiger partial charge is 0.419 e. The lowest BCUT2D eigenvalue weighted by molar-refractivity contribution is 0.499. The molecule has 4 nitrogen and oxygen atoms in total. The van der Waals surface area contributed by atoms with Crippen molar-refractivity contribution in [2.24, 2.45) is 0 Å². The molecule has 0 unspecified atom stereocenters. The van der Waals surface area contributed by atoms with Crippen molar-refractivity contribution in [3.63, 3.8) is 0 Å². The molecule has 3 rings (SSSR count). The van der Waals surface area contributed by atoms with Crippen LogP contribution in [0.2, 0.25) is 5.02 Å². The van der Waals surface area contributed by atoms with Crippen molar-refractivity contribution in [3.05, 3.63) is 65.0 Å². The highest BCUT2D eigenvalue weighted by molar-refractivity contribution is 6.30. The topological polar surface area (TPSA) is 42.2 Å². The van der Waals surface area contributed by atoms with Crippen LogP contribution >= 0.6 is 11.6 Å². The molecule has 2 aromatic carbocycles. The molecule has 0 atom stereocenters. The van der Waals surface area contributed by atoms with Gasteiger partial charge in [0.25, 0.3) is 0 Å². The molecule has 0 fully saturated rings. The third-order valence-corrected chi connectivity index (χ3v) is 3.85. The van der Waals surface area contributed by atoms with E-state index in [1.807, 2.05) is 24.3 Å². The third-order valence-electron chi connectivity index (χ3n) is 3.61. The van der Waals surface area contributed by atoms with Gasteiger partial charge in [-0.25, -0.2) is 0 Å². The number of aryl methyl sites for hydroxylation is 1. The van der Waals surface area contributed by atoms with Crippen molar-refractivity contribution in [3.8, 4) is 11.5 Å². The van der Waals surface area contributed by atoms with Crippen LogP contribution in [0.1, 0.15) is 18.4 Å². The van der Waals surface area contributed by atoms with Gasteiger partial charge in [0, 0.05) is 22.8 Å². The Morgan fingerprint density at radius 1 is 1.09 bits per heavy atom. The lowest BCUT2D eigenvalue weighted by Gasteiger charge is -2.21. The summed E-state index contributed by atoms with van der Waals surface area (Å²) in [5, 5.41) is 8.93. The normalized spacial score (nSPS) is 10.7. The van der Waals surface area contributed by atoms with Crippen molar-refractivity contribution >= 4 is 17.3 Å². The summed E-state index contributed by atoms with van der Waals surface area (Å²) in [6, 6.07) is 15.8. The Balaban J connectivity index is 1.80. The Morgan fingerprint density at radius 2 is 1.91 bits per heavy atom. The van der Waals surface area contributed by atoms with Crippen molar-refractivity contribution in [2.45, 2.75) is 20.4 Å². The Labute approximate surface area is 140 Å². The molecule has 0 N–H and O–H groups in total. The summed E-state index contributed by atoms with van der Waals surface area (Å²) in [4.78, 5) is 2.20. The SMILES string of the molecule is CCN(Cc1nnc(-c2cccc(Cl)c2)o1)c1cccc(C)c1. The molecule has 5 heteroatoms. The number of aromatic nitrogens is 2. The van der Waals surface area contributed by atoms with E-state index >= 15 is 0 Å². The molecule has 1 heterocycles. The minimum atomic E-state index is 0.489. The molecule has 0 radical (unpaired) electrons. The second-order valence-corrected chi connectivity index (χ2v) is 5.80. The Morgan fingerprint density at radius 3 is 2.65 bits per heavy atom. The molecule has 0 aliphatic heterocycles. The minimum absolute atomic E-state index is 0.489. The van der Waals surface area contributed by atoms with Gasteiger partial charge in [-0.3, -0.25) is 0 Å². The summed E-state index contributed by atoms with van der Waals surface area (Å²) in [6.45, 7) is 5.63. The molecule has 0 bridgehead atoms. The maximum atomic E-state index is 6.01. The highest BCUT2D eigenvalue weighted by Crippen LogP contribution is 2.23. The first-order valence-corrected chi connectivity index (χ1v) is 7.93. The highest BCUT2D eigenvalue weighted by Gasteiger charge is 2.13. The van der Waals surface area contributed by atoms with E-state index in [0.29, 0.717) is 23.3 Å². The lowest BCUT2D eigenvalue weighted by atomic mass is 10.2. The van der Waals surface area contributed by atoms with Gasteiger partial charge < -0.3 is 9.32 Å². The maximum absolute atomic E-state index is 6.01. The van der Waals surface area contributed by atoms with E-state index in [1.54, 1.807) is 0 Å². The molecular weight excluding hydrogens is 310 g/mol. The number of benzene rings is 2. The number of nitrogens with zero attached hydrogens (tertiary/aromatic N) is 3. The van der Waals surface area contributed by atoms with Gasteiger partial charge >= 0.3 is 0 Å². The van der Waals surface area contributed by atoms with Crippen LogP contribution in [0.4, 0.5) is 5.69 Å². The molecule has 0 amide bonds. The van der Waals surface area contributed by atoms with Crippen molar-refractivity contribution in [1.82, 2.24) is 10.2 Å². The average Bonchev–Trinajstić information content (AvgIpc) is 3.01. The van der Waals surface area contributed by atoms with Gasteiger partial charge in [-0.05, 0) is 49.7 Å². The van der Waals surface area contributed by atoms with E-state index in [-0.39, 0.29) is 0 Å². The molecule has 0 aliphatic carbocycles. The zero-order valence-corrected chi connectivity index (χ0v) is 13.9. The number of halogens is 1. The number of rotatable bonds is 5. The first kappa shape index (κ1) is 15.6. The van der Waals surface area contributed by atoms with Crippen molar-refractivity contribution < 1.29 is 4.42 Å². The third kappa shape index (κ3) is 3.71. The van der Waals surface area contributed by atoms with Gasteiger partial charge in [0.1, 0.15) is 0 Å². The van der Waals surface area contributed by atoms with Gasteiger partial charge in [-0.15, -0.1) is 10.2 Å². The van der Waals surface area contributed by atoms with Crippen LogP contribution in [-0.2, 0) is 6.54 Å². The van der Waals surface area contributed by atoms with Crippen LogP contribution in [0.25, 0.3) is 11.5 Å². The standard InChI is InChI=1S/C18H18ClN3O/c1-3-22(16-9-4-6-13(2)10-16)12-17-20-21-18(23-17)14-7-5-8-15(19)11-14/h4-11H,3,12H2,1-2H3. The predicted octanol–water partition coefficient (Wildman–Crippen LogP) is 4.72. The molecule has 23 heavy (non-hydrogen) atoms. The summed E-state index contributed by atoms with van der Waals surface area (Å²) in [6.07, 6.45) is 0. The van der Waals surface area contributed by atoms with Crippen LogP contribution in [0.3, 0.4) is 0 Å². The summed E-state index contributed by atoms with van der Waals surface area (Å²) >= 11 is 6.01. The van der Waals surface area contributed by atoms with E-state index in [4.69, 9.17) is 16.0 Å². The van der Waals surface area contributed by atoms with Crippen molar-refractivity contribution in [2.75, 3.05) is 11.4 Å². The lowest BCUT2D eigenvalue weighted by Crippen LogP contribution is -2.22. The van der Waals surface area contributed by atoms with Crippen LogP contribution in [-0.4, -0.2) is 16.7 Å². The van der Waals surface area contributed by atoms with E-state index in [0.717, 1.165) is 17.8 Å². The summed E-state index contributed by atoms with van der Waals surface area (Å²) in [7, 11) is 0. The van der Waals surface area contributed by atoms with Gasteiger partial charge in [-0.2, -0.15) is 0 Å². The molecule has 0 aliphatic rings. The van der Waals surface area contributed by atoms with Gasteiger partial charge in [0.05, 0.1) is 6.54 Å². The molecule has 3 aromatic rings. The minimum Gasteiger partial charge on any atom is -0.419 e. The fourth-order valence-corrected chi connectivity index (χ4v) is 2.62. The second-order valence-electron chi connectivity index (χ2n) is 5.36. The molecule has 0 spiro atoms. The summed E-state index contributed by atoms with van der Waals surface area (Å²) in [5.74, 6) is 1.08.